The first kappa shape index (κ1) is 20.6. The minimum atomic E-state index is -0.783. The molecule has 0 spiro atoms. The lowest BCUT2D eigenvalue weighted by atomic mass is 9.74. The average molecular weight is 451 g/mol. The van der Waals surface area contributed by atoms with Gasteiger partial charge in [0.1, 0.15) is 16.9 Å². The highest BCUT2D eigenvalue weighted by Crippen LogP contribution is 2.53. The van der Waals surface area contributed by atoms with Gasteiger partial charge in [0.2, 0.25) is 0 Å². The van der Waals surface area contributed by atoms with E-state index in [1.54, 1.807) is 0 Å². The summed E-state index contributed by atoms with van der Waals surface area (Å²) in [6.07, 6.45) is 10.8. The van der Waals surface area contributed by atoms with Crippen molar-refractivity contribution in [2.24, 2.45) is 23.2 Å². The van der Waals surface area contributed by atoms with Gasteiger partial charge in [-0.15, -0.1) is 0 Å². The van der Waals surface area contributed by atoms with E-state index in [0.29, 0.717) is 29.2 Å². The third kappa shape index (κ3) is 3.86. The zero-order valence-electron chi connectivity index (χ0n) is 17.1. The maximum absolute atomic E-state index is 13.6. The number of halogens is 2. The largest absolute Gasteiger partial charge is 0.489 e. The van der Waals surface area contributed by atoms with Crippen LogP contribution in [0.25, 0.3) is 0 Å². The molecule has 0 unspecified atom stereocenters. The van der Waals surface area contributed by atoms with E-state index >= 15 is 0 Å². The van der Waals surface area contributed by atoms with Gasteiger partial charge in [0.25, 0.3) is 0 Å². The summed E-state index contributed by atoms with van der Waals surface area (Å²) in [7, 11) is 0. The Kier molecular flexibility index (Phi) is 5.30. The van der Waals surface area contributed by atoms with Crippen LogP contribution in [0.5, 0.6) is 5.75 Å². The number of rotatable bonds is 9. The molecule has 1 N–H and O–H groups in total. The molecule has 162 valence electrons. The molecule has 0 amide bonds. The fraction of sp³-hybridized carbons (Fsp3) is 0.667. The number of benzene rings is 1. The standard InChI is InChI=1S/C24H28Cl2O4/c25-20-18(30-17-9-15(10-17)23(28)29)11-16-12-24(7-5-13-1-2-13,8-6-14-3-4-14)22(27)19(16)21(20)26/h11,13-15,17H,1-10,12H2,(H,28,29). The zero-order valence-corrected chi connectivity index (χ0v) is 18.6. The normalized spacial score (nSPS) is 26.9. The Hall–Kier alpha value is -1.26. The second-order valence-corrected chi connectivity index (χ2v) is 10.8. The van der Waals surface area contributed by atoms with Gasteiger partial charge in [0.05, 0.1) is 10.9 Å². The predicted octanol–water partition coefficient (Wildman–Crippen LogP) is 6.34. The number of carboxylic acid groups (broad SMARTS) is 1. The minimum Gasteiger partial charge on any atom is -0.489 e. The summed E-state index contributed by atoms with van der Waals surface area (Å²) in [5.41, 5.74) is 1.20. The van der Waals surface area contributed by atoms with Gasteiger partial charge in [-0.1, -0.05) is 48.9 Å². The highest BCUT2D eigenvalue weighted by atomic mass is 35.5. The molecule has 1 aromatic rings. The van der Waals surface area contributed by atoms with Gasteiger partial charge in [-0.05, 0) is 68.4 Å². The molecule has 1 aromatic carbocycles. The molecular weight excluding hydrogens is 423 g/mol. The number of ketones is 1. The fourth-order valence-corrected chi connectivity index (χ4v) is 5.67. The summed E-state index contributed by atoms with van der Waals surface area (Å²) >= 11 is 13.1. The number of aliphatic carboxylic acids is 1. The van der Waals surface area contributed by atoms with Crippen LogP contribution in [0.15, 0.2) is 6.07 Å². The van der Waals surface area contributed by atoms with Crippen LogP contribution in [0.3, 0.4) is 0 Å². The highest BCUT2D eigenvalue weighted by Gasteiger charge is 2.48. The van der Waals surface area contributed by atoms with E-state index in [2.05, 4.69) is 0 Å². The van der Waals surface area contributed by atoms with Crippen LogP contribution < -0.4 is 4.74 Å². The molecule has 0 heterocycles. The molecule has 3 fully saturated rings. The van der Waals surface area contributed by atoms with Crippen LogP contribution in [0.2, 0.25) is 10.0 Å². The van der Waals surface area contributed by atoms with Gasteiger partial charge >= 0.3 is 5.97 Å². The molecule has 0 radical (unpaired) electrons. The van der Waals surface area contributed by atoms with Crippen molar-refractivity contribution in [3.63, 3.8) is 0 Å². The molecular formula is C24H28Cl2O4. The summed E-state index contributed by atoms with van der Waals surface area (Å²) in [6.45, 7) is 0. The van der Waals surface area contributed by atoms with Crippen molar-refractivity contribution in [2.45, 2.75) is 76.7 Å². The van der Waals surface area contributed by atoms with E-state index in [0.717, 1.165) is 49.5 Å². The van der Waals surface area contributed by atoms with Crippen molar-refractivity contribution in [2.75, 3.05) is 0 Å². The Morgan fingerprint density at radius 1 is 1.07 bits per heavy atom. The van der Waals surface area contributed by atoms with Crippen LogP contribution in [0.4, 0.5) is 0 Å². The lowest BCUT2D eigenvalue weighted by Crippen LogP contribution is -2.38. The van der Waals surface area contributed by atoms with Crippen molar-refractivity contribution in [3.05, 3.63) is 27.2 Å². The topological polar surface area (TPSA) is 63.6 Å². The first-order valence-corrected chi connectivity index (χ1v) is 12.1. The molecule has 4 nitrogen and oxygen atoms in total. The monoisotopic (exact) mass is 450 g/mol. The maximum Gasteiger partial charge on any atom is 0.306 e. The third-order valence-corrected chi connectivity index (χ3v) is 8.54. The van der Waals surface area contributed by atoms with E-state index in [1.165, 1.54) is 25.7 Å². The number of fused-ring (bicyclic) bond motifs is 1. The van der Waals surface area contributed by atoms with Crippen molar-refractivity contribution >= 4 is 35.0 Å². The number of hydrogen-bond acceptors (Lipinski definition) is 3. The SMILES string of the molecule is O=C(O)C1CC(Oc2cc3c(c(Cl)c2Cl)C(=O)C(CCC2CC2)(CCC2CC2)C3)C1. The van der Waals surface area contributed by atoms with E-state index in [-0.39, 0.29) is 28.2 Å². The lowest BCUT2D eigenvalue weighted by molar-refractivity contribution is -0.147. The molecule has 4 aliphatic rings. The molecule has 0 bridgehead atoms. The van der Waals surface area contributed by atoms with Gasteiger partial charge < -0.3 is 9.84 Å². The van der Waals surface area contributed by atoms with Crippen LogP contribution in [0, 0.1) is 23.2 Å². The quantitative estimate of drug-likeness (QED) is 0.476. The van der Waals surface area contributed by atoms with Gasteiger partial charge in [-0.25, -0.2) is 0 Å². The second kappa shape index (κ2) is 7.70. The van der Waals surface area contributed by atoms with E-state index in [9.17, 15) is 9.59 Å². The summed E-state index contributed by atoms with van der Waals surface area (Å²) in [6, 6.07) is 1.89. The van der Waals surface area contributed by atoms with Crippen molar-refractivity contribution < 1.29 is 19.4 Å². The lowest BCUT2D eigenvalue weighted by Gasteiger charge is -2.33. The Bertz CT molecular complexity index is 866. The van der Waals surface area contributed by atoms with Gasteiger partial charge in [-0.2, -0.15) is 0 Å². The Labute approximate surface area is 187 Å². The average Bonchev–Trinajstić information content (AvgIpc) is 3.58. The smallest absolute Gasteiger partial charge is 0.306 e. The van der Waals surface area contributed by atoms with Crippen LogP contribution in [-0.2, 0) is 11.2 Å². The molecule has 0 aromatic heterocycles. The Morgan fingerprint density at radius 2 is 1.67 bits per heavy atom. The van der Waals surface area contributed by atoms with Gasteiger partial charge in [0.15, 0.2) is 5.78 Å². The number of Topliss-reactive ketones (excluding diaryl/α,β-unsaturated/α-hetero) is 1. The van der Waals surface area contributed by atoms with Crippen LogP contribution >= 0.6 is 23.2 Å². The summed E-state index contributed by atoms with van der Waals surface area (Å²) < 4.78 is 6.00. The maximum atomic E-state index is 13.6. The molecule has 3 saturated carbocycles. The minimum absolute atomic E-state index is 0.163. The molecule has 0 aliphatic heterocycles. The first-order valence-electron chi connectivity index (χ1n) is 11.3. The summed E-state index contributed by atoms with van der Waals surface area (Å²) in [5, 5.41) is 9.67. The number of ether oxygens (including phenoxy) is 1. The fourth-order valence-electron chi connectivity index (χ4n) is 5.18. The van der Waals surface area contributed by atoms with E-state index in [1.807, 2.05) is 6.07 Å². The van der Waals surface area contributed by atoms with Gasteiger partial charge in [-0.3, -0.25) is 9.59 Å². The molecule has 0 atom stereocenters. The van der Waals surface area contributed by atoms with Crippen molar-refractivity contribution in [1.29, 1.82) is 0 Å². The van der Waals surface area contributed by atoms with E-state index < -0.39 is 5.97 Å². The molecule has 30 heavy (non-hydrogen) atoms. The predicted molar refractivity (Wildman–Crippen MR) is 116 cm³/mol. The Morgan fingerprint density at radius 3 is 2.20 bits per heavy atom. The molecule has 5 rings (SSSR count). The zero-order chi connectivity index (χ0) is 21.0. The number of carbonyl (C=O) groups is 2. The number of hydrogen-bond donors (Lipinski definition) is 1. The summed E-state index contributed by atoms with van der Waals surface area (Å²) in [4.78, 5) is 24.7. The number of carboxylic acids is 1. The van der Waals surface area contributed by atoms with Crippen LogP contribution in [0.1, 0.15) is 80.1 Å². The third-order valence-electron chi connectivity index (χ3n) is 7.69. The summed E-state index contributed by atoms with van der Waals surface area (Å²) in [5.74, 6) is 1.11. The first-order chi connectivity index (χ1) is 14.4. The molecule has 6 heteroatoms. The molecule has 4 aliphatic carbocycles. The second-order valence-electron chi connectivity index (χ2n) is 10.0. The number of carbonyl (C=O) groups excluding carboxylic acids is 1. The van der Waals surface area contributed by atoms with Crippen LogP contribution in [-0.4, -0.2) is 23.0 Å². The Balaban J connectivity index is 1.37. The van der Waals surface area contributed by atoms with Crippen molar-refractivity contribution in [3.8, 4) is 5.75 Å². The van der Waals surface area contributed by atoms with E-state index in [4.69, 9.17) is 33.0 Å². The highest BCUT2D eigenvalue weighted by molar-refractivity contribution is 6.45. The van der Waals surface area contributed by atoms with Crippen molar-refractivity contribution in [1.82, 2.24) is 0 Å². The van der Waals surface area contributed by atoms with Gasteiger partial charge in [0, 0.05) is 11.0 Å². The molecule has 0 saturated heterocycles.